The van der Waals surface area contributed by atoms with Gasteiger partial charge in [-0.15, -0.1) is 12.4 Å². The molecule has 0 radical (unpaired) electrons. The third-order valence-electron chi connectivity index (χ3n) is 4.63. The fourth-order valence-electron chi connectivity index (χ4n) is 3.27. The average Bonchev–Trinajstić information content (AvgIpc) is 2.97. The third kappa shape index (κ3) is 5.17. The van der Waals surface area contributed by atoms with Crippen LogP contribution in [0.3, 0.4) is 0 Å². The summed E-state index contributed by atoms with van der Waals surface area (Å²) in [7, 11) is 1.60. The highest BCUT2D eigenvalue weighted by Crippen LogP contribution is 2.24. The maximum absolute atomic E-state index is 12.3. The number of carbonyl (C=O) groups excluding carboxylic acids is 1. The minimum absolute atomic E-state index is 0. The van der Waals surface area contributed by atoms with Gasteiger partial charge in [-0.2, -0.15) is 0 Å². The predicted octanol–water partition coefficient (Wildman–Crippen LogP) is 3.36. The number of aromatic nitrogens is 1. The Hall–Kier alpha value is -1.63. The van der Waals surface area contributed by atoms with Crippen LogP contribution < -0.4 is 10.6 Å². The Morgan fingerprint density at radius 1 is 1.52 bits per heavy atom. The van der Waals surface area contributed by atoms with E-state index in [0.717, 1.165) is 24.3 Å². The molecule has 2 heterocycles. The second-order valence-electron chi connectivity index (χ2n) is 6.56. The van der Waals surface area contributed by atoms with Crippen molar-refractivity contribution in [2.24, 2.45) is 11.8 Å². The summed E-state index contributed by atoms with van der Waals surface area (Å²) in [4.78, 5) is 16.7. The zero-order valence-electron chi connectivity index (χ0n) is 14.7. The lowest BCUT2D eigenvalue weighted by molar-refractivity contribution is -0.117. The summed E-state index contributed by atoms with van der Waals surface area (Å²) in [6, 6.07) is 5.50. The van der Waals surface area contributed by atoms with Crippen LogP contribution in [0.25, 0.3) is 11.1 Å². The van der Waals surface area contributed by atoms with Crippen molar-refractivity contribution in [2.45, 2.75) is 32.8 Å². The van der Waals surface area contributed by atoms with Crippen LogP contribution in [0.4, 0.5) is 5.69 Å². The summed E-state index contributed by atoms with van der Waals surface area (Å²) >= 11 is 0. The molecule has 2 atom stereocenters. The van der Waals surface area contributed by atoms with Crippen molar-refractivity contribution in [1.82, 2.24) is 10.3 Å². The van der Waals surface area contributed by atoms with Crippen molar-refractivity contribution < 1.29 is 13.9 Å². The Labute approximate surface area is 154 Å². The Kier molecular flexibility index (Phi) is 7.23. The molecule has 2 unspecified atom stereocenters. The van der Waals surface area contributed by atoms with Gasteiger partial charge < -0.3 is 19.8 Å². The van der Waals surface area contributed by atoms with E-state index in [-0.39, 0.29) is 18.3 Å². The largest absolute Gasteiger partial charge is 0.438 e. The molecule has 1 amide bonds. The zero-order valence-corrected chi connectivity index (χ0v) is 15.5. The molecule has 1 fully saturated rings. The van der Waals surface area contributed by atoms with Crippen LogP contribution in [0.1, 0.15) is 32.1 Å². The summed E-state index contributed by atoms with van der Waals surface area (Å²) in [5, 5.41) is 6.38. The molecule has 1 aliphatic heterocycles. The molecular weight excluding hydrogens is 342 g/mol. The van der Waals surface area contributed by atoms with Crippen molar-refractivity contribution in [2.75, 3.05) is 25.5 Å². The monoisotopic (exact) mass is 367 g/mol. The maximum atomic E-state index is 12.3. The summed E-state index contributed by atoms with van der Waals surface area (Å²) < 4.78 is 10.6. The first-order valence-corrected chi connectivity index (χ1v) is 8.54. The van der Waals surface area contributed by atoms with Crippen molar-refractivity contribution in [1.29, 1.82) is 0 Å². The van der Waals surface area contributed by atoms with E-state index in [1.54, 1.807) is 7.11 Å². The van der Waals surface area contributed by atoms with E-state index in [1.807, 2.05) is 18.2 Å². The molecular formula is C18H26ClN3O3. The van der Waals surface area contributed by atoms with Crippen LogP contribution in [0.15, 0.2) is 22.6 Å². The lowest BCUT2D eigenvalue weighted by Gasteiger charge is -2.28. The highest BCUT2D eigenvalue weighted by molar-refractivity contribution is 5.92. The number of benzene rings is 1. The normalized spacial score (nSPS) is 18.6. The van der Waals surface area contributed by atoms with E-state index < -0.39 is 0 Å². The van der Waals surface area contributed by atoms with Gasteiger partial charge >= 0.3 is 0 Å². The number of amides is 1. The van der Waals surface area contributed by atoms with Gasteiger partial charge in [0.2, 0.25) is 11.8 Å². The number of fused-ring (bicyclic) bond motifs is 1. The smallest absolute Gasteiger partial charge is 0.224 e. The van der Waals surface area contributed by atoms with Crippen LogP contribution in [0.5, 0.6) is 0 Å². The number of nitrogens with zero attached hydrogens (tertiary/aromatic N) is 1. The number of carbonyl (C=O) groups is 1. The average molecular weight is 368 g/mol. The van der Waals surface area contributed by atoms with E-state index in [2.05, 4.69) is 22.5 Å². The number of anilines is 1. The molecule has 1 aromatic heterocycles. The Morgan fingerprint density at radius 3 is 3.08 bits per heavy atom. The molecule has 1 saturated heterocycles. The topological polar surface area (TPSA) is 76.4 Å². The van der Waals surface area contributed by atoms with Gasteiger partial charge in [0.15, 0.2) is 5.58 Å². The number of methoxy groups -OCH3 is 1. The molecule has 138 valence electrons. The quantitative estimate of drug-likeness (QED) is 0.818. The van der Waals surface area contributed by atoms with Gasteiger partial charge in [0, 0.05) is 19.2 Å². The van der Waals surface area contributed by atoms with E-state index in [9.17, 15) is 4.79 Å². The molecule has 3 rings (SSSR count). The number of oxazole rings is 1. The van der Waals surface area contributed by atoms with Crippen LogP contribution in [-0.2, 0) is 16.1 Å². The van der Waals surface area contributed by atoms with Gasteiger partial charge in [-0.3, -0.25) is 4.79 Å². The molecule has 2 N–H and O–H groups in total. The molecule has 1 aromatic carbocycles. The number of halogens is 1. The molecule has 0 bridgehead atoms. The lowest BCUT2D eigenvalue weighted by Crippen LogP contribution is -2.34. The van der Waals surface area contributed by atoms with Crippen molar-refractivity contribution in [3.63, 3.8) is 0 Å². The van der Waals surface area contributed by atoms with Crippen molar-refractivity contribution in [3.8, 4) is 0 Å². The minimum atomic E-state index is 0. The molecule has 25 heavy (non-hydrogen) atoms. The third-order valence-corrected chi connectivity index (χ3v) is 4.63. The highest BCUT2D eigenvalue weighted by atomic mass is 35.5. The van der Waals surface area contributed by atoms with Gasteiger partial charge in [0.25, 0.3) is 0 Å². The predicted molar refractivity (Wildman–Crippen MR) is 100.0 cm³/mol. The second kappa shape index (κ2) is 9.17. The first-order chi connectivity index (χ1) is 11.7. The molecule has 0 aliphatic carbocycles. The fourth-order valence-corrected chi connectivity index (χ4v) is 3.27. The SMILES string of the molecule is COCc1nc2cc(NC(=O)CC(C)C3CCCNC3)ccc2o1.Cl. The van der Waals surface area contributed by atoms with E-state index in [1.165, 1.54) is 12.8 Å². The highest BCUT2D eigenvalue weighted by Gasteiger charge is 2.22. The summed E-state index contributed by atoms with van der Waals surface area (Å²) in [5.41, 5.74) is 2.17. The van der Waals surface area contributed by atoms with Crippen LogP contribution >= 0.6 is 12.4 Å². The summed E-state index contributed by atoms with van der Waals surface area (Å²) in [6.45, 7) is 4.61. The van der Waals surface area contributed by atoms with Gasteiger partial charge in [0.1, 0.15) is 12.1 Å². The Balaban J connectivity index is 0.00000225. The van der Waals surface area contributed by atoms with Crippen molar-refractivity contribution in [3.05, 3.63) is 24.1 Å². The molecule has 7 heteroatoms. The van der Waals surface area contributed by atoms with Gasteiger partial charge in [-0.05, 0) is 56.0 Å². The minimum Gasteiger partial charge on any atom is -0.438 e. The Bertz CT molecular complexity index is 698. The van der Waals surface area contributed by atoms with Crippen LogP contribution in [-0.4, -0.2) is 31.1 Å². The zero-order chi connectivity index (χ0) is 16.9. The lowest BCUT2D eigenvalue weighted by atomic mass is 9.85. The van der Waals surface area contributed by atoms with E-state index >= 15 is 0 Å². The fraction of sp³-hybridized carbons (Fsp3) is 0.556. The maximum Gasteiger partial charge on any atom is 0.224 e. The first kappa shape index (κ1) is 19.7. The number of nitrogens with one attached hydrogen (secondary N) is 2. The number of rotatable bonds is 6. The first-order valence-electron chi connectivity index (χ1n) is 8.54. The van der Waals surface area contributed by atoms with E-state index in [4.69, 9.17) is 9.15 Å². The van der Waals surface area contributed by atoms with Gasteiger partial charge in [-0.25, -0.2) is 4.98 Å². The number of hydrogen-bond acceptors (Lipinski definition) is 5. The number of ether oxygens (including phenoxy) is 1. The number of piperidine rings is 1. The van der Waals surface area contributed by atoms with Gasteiger partial charge in [0.05, 0.1) is 0 Å². The van der Waals surface area contributed by atoms with Crippen LogP contribution in [0.2, 0.25) is 0 Å². The molecule has 0 spiro atoms. The van der Waals surface area contributed by atoms with Gasteiger partial charge in [-0.1, -0.05) is 6.92 Å². The van der Waals surface area contributed by atoms with E-state index in [0.29, 0.717) is 36.3 Å². The number of hydrogen-bond donors (Lipinski definition) is 2. The molecule has 6 nitrogen and oxygen atoms in total. The van der Waals surface area contributed by atoms with Crippen molar-refractivity contribution >= 4 is 35.1 Å². The molecule has 1 aliphatic rings. The molecule has 2 aromatic rings. The summed E-state index contributed by atoms with van der Waals surface area (Å²) in [6.07, 6.45) is 2.94. The Morgan fingerprint density at radius 2 is 2.36 bits per heavy atom. The second-order valence-corrected chi connectivity index (χ2v) is 6.56. The summed E-state index contributed by atoms with van der Waals surface area (Å²) in [5.74, 6) is 1.54. The standard InChI is InChI=1S/C18H25N3O3.ClH/c1-12(13-4-3-7-19-10-13)8-17(22)20-14-5-6-16-15(9-14)21-18(24-16)11-23-2;/h5-6,9,12-13,19H,3-4,7-8,10-11H2,1-2H3,(H,20,22);1H. The van der Waals surface area contributed by atoms with Crippen LogP contribution in [0, 0.1) is 11.8 Å². The molecule has 0 saturated carbocycles.